The van der Waals surface area contributed by atoms with Crippen molar-refractivity contribution >= 4 is 39.5 Å². The molecule has 8 heteroatoms. The molecule has 0 bridgehead atoms. The van der Waals surface area contributed by atoms with Crippen LogP contribution in [0.4, 0.5) is 17.5 Å². The third kappa shape index (κ3) is 2.95. The fourth-order valence-corrected chi connectivity index (χ4v) is 3.86. The zero-order chi connectivity index (χ0) is 19.1. The lowest BCUT2D eigenvalue weighted by molar-refractivity contribution is 0.412. The quantitative estimate of drug-likeness (QED) is 0.500. The van der Waals surface area contributed by atoms with Gasteiger partial charge in [-0.3, -0.25) is 5.10 Å². The van der Waals surface area contributed by atoms with Gasteiger partial charge in [0, 0.05) is 30.2 Å². The summed E-state index contributed by atoms with van der Waals surface area (Å²) in [5.74, 6) is 1.99. The zero-order valence-electron chi connectivity index (χ0n) is 15.8. The van der Waals surface area contributed by atoms with E-state index in [2.05, 4.69) is 25.4 Å². The standard InChI is InChI=1S/C20H23N7O/c1-12-15-3-2-14(10-17(15)26-25-12)22-20-23-16-6-9-28-18(16)19(24-20)27-7-4-13(11-21)5-8-27/h2-3,6,9-10,13H,4-5,7-8,11,21H2,1H3,(H,25,26)(H,22,23,24). The van der Waals surface area contributed by atoms with Crippen molar-refractivity contribution in [1.82, 2.24) is 20.2 Å². The fraction of sp³-hybridized carbons (Fsp3) is 0.350. The lowest BCUT2D eigenvalue weighted by Gasteiger charge is -2.32. The number of hydrogen-bond acceptors (Lipinski definition) is 7. The van der Waals surface area contributed by atoms with Crippen LogP contribution in [0.1, 0.15) is 18.5 Å². The normalized spacial score (nSPS) is 15.6. The van der Waals surface area contributed by atoms with Crippen LogP contribution in [0.3, 0.4) is 0 Å². The number of H-pyrrole nitrogens is 1. The average Bonchev–Trinajstić information content (AvgIpc) is 3.34. The molecule has 8 nitrogen and oxygen atoms in total. The molecule has 0 atom stereocenters. The van der Waals surface area contributed by atoms with E-state index in [4.69, 9.17) is 15.1 Å². The number of nitrogens with zero attached hydrogens (tertiary/aromatic N) is 4. The number of nitrogens with two attached hydrogens (primary N) is 1. The van der Waals surface area contributed by atoms with Gasteiger partial charge in [0.1, 0.15) is 5.52 Å². The van der Waals surface area contributed by atoms with E-state index in [0.29, 0.717) is 11.9 Å². The van der Waals surface area contributed by atoms with Gasteiger partial charge in [-0.1, -0.05) is 0 Å². The summed E-state index contributed by atoms with van der Waals surface area (Å²) in [7, 11) is 0. The van der Waals surface area contributed by atoms with E-state index in [1.54, 1.807) is 6.26 Å². The molecule has 4 aromatic rings. The smallest absolute Gasteiger partial charge is 0.229 e. The van der Waals surface area contributed by atoms with Gasteiger partial charge in [0.2, 0.25) is 5.95 Å². The minimum atomic E-state index is 0.556. The maximum absolute atomic E-state index is 5.83. The second kappa shape index (κ2) is 6.79. The monoisotopic (exact) mass is 377 g/mol. The molecular weight excluding hydrogens is 354 g/mol. The fourth-order valence-electron chi connectivity index (χ4n) is 3.86. The van der Waals surface area contributed by atoms with Gasteiger partial charge in [-0.05, 0) is 50.4 Å². The van der Waals surface area contributed by atoms with Crippen LogP contribution in [0.5, 0.6) is 0 Å². The van der Waals surface area contributed by atoms with Crippen LogP contribution in [0.15, 0.2) is 34.9 Å². The van der Waals surface area contributed by atoms with E-state index in [9.17, 15) is 0 Å². The van der Waals surface area contributed by atoms with Gasteiger partial charge in [-0.25, -0.2) is 4.98 Å². The second-order valence-corrected chi connectivity index (χ2v) is 7.37. The number of rotatable bonds is 4. The van der Waals surface area contributed by atoms with E-state index in [1.165, 1.54) is 0 Å². The minimum absolute atomic E-state index is 0.556. The second-order valence-electron chi connectivity index (χ2n) is 7.37. The first-order valence-electron chi connectivity index (χ1n) is 9.63. The van der Waals surface area contributed by atoms with Crippen LogP contribution in [0, 0.1) is 12.8 Å². The largest absolute Gasteiger partial charge is 0.459 e. The highest BCUT2D eigenvalue weighted by Crippen LogP contribution is 2.30. The number of aryl methyl sites for hydroxylation is 1. The number of benzene rings is 1. The summed E-state index contributed by atoms with van der Waals surface area (Å²) in [6.07, 6.45) is 3.81. The molecule has 4 N–H and O–H groups in total. The van der Waals surface area contributed by atoms with Crippen LogP contribution >= 0.6 is 0 Å². The van der Waals surface area contributed by atoms with Gasteiger partial charge < -0.3 is 20.4 Å². The van der Waals surface area contributed by atoms with Crippen molar-refractivity contribution in [2.24, 2.45) is 11.7 Å². The summed E-state index contributed by atoms with van der Waals surface area (Å²) < 4.78 is 5.69. The number of hydrogen-bond donors (Lipinski definition) is 3. The van der Waals surface area contributed by atoms with Crippen LogP contribution in [-0.4, -0.2) is 39.8 Å². The lowest BCUT2D eigenvalue weighted by atomic mass is 9.97. The van der Waals surface area contributed by atoms with E-state index in [1.807, 2.05) is 31.2 Å². The predicted octanol–water partition coefficient (Wildman–Crippen LogP) is 3.33. The van der Waals surface area contributed by atoms with Gasteiger partial charge in [-0.2, -0.15) is 10.1 Å². The zero-order valence-corrected chi connectivity index (χ0v) is 15.8. The highest BCUT2D eigenvalue weighted by Gasteiger charge is 2.23. The molecule has 28 heavy (non-hydrogen) atoms. The summed E-state index contributed by atoms with van der Waals surface area (Å²) in [4.78, 5) is 11.7. The van der Waals surface area contributed by atoms with Gasteiger partial charge in [0.05, 0.1) is 17.5 Å². The molecule has 0 aliphatic carbocycles. The summed E-state index contributed by atoms with van der Waals surface area (Å²) in [5, 5.41) is 11.7. The molecule has 144 valence electrons. The van der Waals surface area contributed by atoms with Gasteiger partial charge in [-0.15, -0.1) is 0 Å². The number of anilines is 3. The van der Waals surface area contributed by atoms with Gasteiger partial charge in [0.25, 0.3) is 0 Å². The van der Waals surface area contributed by atoms with Crippen LogP contribution < -0.4 is 16.0 Å². The Bertz CT molecular complexity index is 1120. The van der Waals surface area contributed by atoms with Gasteiger partial charge >= 0.3 is 0 Å². The Morgan fingerprint density at radius 2 is 2.11 bits per heavy atom. The molecule has 0 spiro atoms. The molecule has 1 aliphatic heterocycles. The minimum Gasteiger partial charge on any atom is -0.459 e. The molecule has 1 fully saturated rings. The van der Waals surface area contributed by atoms with Crippen molar-refractivity contribution in [3.8, 4) is 0 Å². The van der Waals surface area contributed by atoms with Crippen molar-refractivity contribution in [3.05, 3.63) is 36.2 Å². The van der Waals surface area contributed by atoms with Crippen molar-refractivity contribution in [2.75, 3.05) is 29.9 Å². The Hall–Kier alpha value is -3.13. The Balaban J connectivity index is 1.47. The maximum atomic E-state index is 5.83. The number of nitrogens with one attached hydrogen (secondary N) is 2. The van der Waals surface area contributed by atoms with Crippen molar-refractivity contribution in [1.29, 1.82) is 0 Å². The topological polar surface area (TPSA) is 109 Å². The molecule has 1 aromatic carbocycles. The molecule has 1 aliphatic rings. The molecule has 0 unspecified atom stereocenters. The van der Waals surface area contributed by atoms with Crippen molar-refractivity contribution < 1.29 is 4.42 Å². The maximum Gasteiger partial charge on any atom is 0.229 e. The molecule has 0 radical (unpaired) electrons. The first-order chi connectivity index (χ1) is 13.7. The van der Waals surface area contributed by atoms with E-state index >= 15 is 0 Å². The molecule has 1 saturated heterocycles. The molecule has 0 saturated carbocycles. The number of aromatic amines is 1. The Morgan fingerprint density at radius 3 is 2.93 bits per heavy atom. The summed E-state index contributed by atoms with van der Waals surface area (Å²) >= 11 is 0. The summed E-state index contributed by atoms with van der Waals surface area (Å²) in [6.45, 7) is 4.58. The van der Waals surface area contributed by atoms with E-state index in [-0.39, 0.29) is 0 Å². The first kappa shape index (κ1) is 17.0. The number of furan rings is 1. The molecule has 5 rings (SSSR count). The Labute approximate surface area is 162 Å². The first-order valence-corrected chi connectivity index (χ1v) is 9.63. The predicted molar refractivity (Wildman–Crippen MR) is 110 cm³/mol. The van der Waals surface area contributed by atoms with E-state index in [0.717, 1.165) is 71.7 Å². The molecule has 4 heterocycles. The summed E-state index contributed by atoms with van der Waals surface area (Å²) in [6, 6.07) is 7.95. The van der Waals surface area contributed by atoms with Crippen LogP contribution in [0.2, 0.25) is 0 Å². The molecule has 3 aromatic heterocycles. The number of aromatic nitrogens is 4. The van der Waals surface area contributed by atoms with Crippen LogP contribution in [-0.2, 0) is 0 Å². The summed E-state index contributed by atoms with van der Waals surface area (Å²) in [5.41, 5.74) is 10.2. The Morgan fingerprint density at radius 1 is 1.25 bits per heavy atom. The third-order valence-electron chi connectivity index (χ3n) is 5.54. The molecule has 0 amide bonds. The van der Waals surface area contributed by atoms with Crippen molar-refractivity contribution in [3.63, 3.8) is 0 Å². The molecular formula is C20H23N7O. The van der Waals surface area contributed by atoms with E-state index < -0.39 is 0 Å². The van der Waals surface area contributed by atoms with Gasteiger partial charge in [0.15, 0.2) is 11.4 Å². The third-order valence-corrected chi connectivity index (χ3v) is 5.54. The average molecular weight is 377 g/mol. The highest BCUT2D eigenvalue weighted by atomic mass is 16.3. The number of fused-ring (bicyclic) bond motifs is 2. The van der Waals surface area contributed by atoms with Crippen LogP contribution in [0.25, 0.3) is 22.0 Å². The highest BCUT2D eigenvalue weighted by molar-refractivity contribution is 5.87. The lowest BCUT2D eigenvalue weighted by Crippen LogP contribution is -2.36. The number of piperidine rings is 1. The SMILES string of the molecule is Cc1n[nH]c2cc(Nc3nc(N4CCC(CN)CC4)c4occc4n3)ccc12. The Kier molecular flexibility index (Phi) is 4.12. The van der Waals surface area contributed by atoms with Crippen molar-refractivity contribution in [2.45, 2.75) is 19.8 Å².